The standard InChI is InChI=1S/C17H19NO2/c19-15-13-9-17(6-7-17)8-12(13)14-10-20-16(18(14)15)11-4-2-1-3-5-11/h1-5,12-14,16H,6-10H2/t12-,13?,14?,16-/m0/s1. The van der Waals surface area contributed by atoms with Crippen molar-refractivity contribution in [3.63, 3.8) is 0 Å². The predicted molar refractivity (Wildman–Crippen MR) is 73.7 cm³/mol. The summed E-state index contributed by atoms with van der Waals surface area (Å²) in [5, 5.41) is 0. The van der Waals surface area contributed by atoms with E-state index in [-0.39, 0.29) is 12.1 Å². The molecule has 5 rings (SSSR count). The topological polar surface area (TPSA) is 29.5 Å². The molecule has 2 heterocycles. The number of benzene rings is 1. The molecule has 0 aromatic heterocycles. The molecule has 1 aromatic rings. The van der Waals surface area contributed by atoms with Gasteiger partial charge in [-0.15, -0.1) is 0 Å². The number of amides is 1. The van der Waals surface area contributed by atoms with Crippen molar-refractivity contribution in [2.75, 3.05) is 6.61 Å². The molecule has 1 aromatic carbocycles. The van der Waals surface area contributed by atoms with Crippen LogP contribution in [0, 0.1) is 17.3 Å². The first kappa shape index (κ1) is 11.3. The van der Waals surface area contributed by atoms with Gasteiger partial charge in [0, 0.05) is 11.5 Å². The van der Waals surface area contributed by atoms with E-state index in [1.54, 1.807) is 0 Å². The number of rotatable bonds is 1. The molecule has 2 unspecified atom stereocenters. The van der Waals surface area contributed by atoms with E-state index in [0.717, 1.165) is 18.6 Å². The monoisotopic (exact) mass is 269 g/mol. The lowest BCUT2D eigenvalue weighted by Gasteiger charge is -2.25. The summed E-state index contributed by atoms with van der Waals surface area (Å²) in [5.74, 6) is 1.20. The minimum Gasteiger partial charge on any atom is -0.352 e. The fourth-order valence-corrected chi connectivity index (χ4v) is 4.80. The van der Waals surface area contributed by atoms with Crippen LogP contribution in [0.3, 0.4) is 0 Å². The van der Waals surface area contributed by atoms with E-state index in [1.165, 1.54) is 19.3 Å². The summed E-state index contributed by atoms with van der Waals surface area (Å²) in [6, 6.07) is 10.5. The second kappa shape index (κ2) is 3.64. The van der Waals surface area contributed by atoms with Gasteiger partial charge in [0.25, 0.3) is 0 Å². The van der Waals surface area contributed by atoms with Gasteiger partial charge in [-0.3, -0.25) is 4.79 Å². The number of fused-ring (bicyclic) bond motifs is 3. The van der Waals surface area contributed by atoms with E-state index in [9.17, 15) is 4.79 Å². The Labute approximate surface area is 118 Å². The molecule has 2 saturated heterocycles. The second-order valence-corrected chi connectivity index (χ2v) is 7.09. The summed E-state index contributed by atoms with van der Waals surface area (Å²) in [6.45, 7) is 0.725. The maximum atomic E-state index is 12.8. The molecular formula is C17H19NO2. The zero-order valence-electron chi connectivity index (χ0n) is 11.5. The van der Waals surface area contributed by atoms with Gasteiger partial charge >= 0.3 is 0 Å². The highest BCUT2D eigenvalue weighted by molar-refractivity contribution is 5.83. The van der Waals surface area contributed by atoms with Gasteiger partial charge in [0.05, 0.1) is 12.6 Å². The van der Waals surface area contributed by atoms with Crippen molar-refractivity contribution >= 4 is 5.91 Å². The van der Waals surface area contributed by atoms with Crippen LogP contribution in [0.5, 0.6) is 0 Å². The summed E-state index contributed by atoms with van der Waals surface area (Å²) < 4.78 is 5.98. The molecule has 3 nitrogen and oxygen atoms in total. The normalized spacial score (nSPS) is 40.2. The van der Waals surface area contributed by atoms with Crippen LogP contribution in [-0.4, -0.2) is 23.5 Å². The number of hydrogen-bond donors (Lipinski definition) is 0. The third-order valence-corrected chi connectivity index (χ3v) is 5.98. The average Bonchev–Trinajstić information content (AvgIpc) is 2.83. The average molecular weight is 269 g/mol. The van der Waals surface area contributed by atoms with Gasteiger partial charge in [-0.1, -0.05) is 30.3 Å². The van der Waals surface area contributed by atoms with Crippen LogP contribution in [0.2, 0.25) is 0 Å². The van der Waals surface area contributed by atoms with E-state index in [4.69, 9.17) is 4.74 Å². The highest BCUT2D eigenvalue weighted by Gasteiger charge is 2.63. The summed E-state index contributed by atoms with van der Waals surface area (Å²) >= 11 is 0. The van der Waals surface area contributed by atoms with Crippen molar-refractivity contribution in [3.8, 4) is 0 Å². The van der Waals surface area contributed by atoms with Gasteiger partial charge in [0.15, 0.2) is 6.23 Å². The Morgan fingerprint density at radius 3 is 2.70 bits per heavy atom. The van der Waals surface area contributed by atoms with Crippen LogP contribution in [0.4, 0.5) is 0 Å². The molecule has 3 heteroatoms. The first-order valence-electron chi connectivity index (χ1n) is 7.76. The van der Waals surface area contributed by atoms with Gasteiger partial charge < -0.3 is 9.64 Å². The summed E-state index contributed by atoms with van der Waals surface area (Å²) in [4.78, 5) is 14.9. The quantitative estimate of drug-likeness (QED) is 0.784. The minimum atomic E-state index is -0.144. The molecule has 104 valence electrons. The fraction of sp³-hybridized carbons (Fsp3) is 0.588. The van der Waals surface area contributed by atoms with Crippen molar-refractivity contribution in [1.82, 2.24) is 4.90 Å². The first-order valence-corrected chi connectivity index (χ1v) is 7.76. The van der Waals surface area contributed by atoms with Gasteiger partial charge in [-0.2, -0.15) is 0 Å². The highest BCUT2D eigenvalue weighted by Crippen LogP contribution is 2.65. The van der Waals surface area contributed by atoms with E-state index in [0.29, 0.717) is 23.3 Å². The lowest BCUT2D eigenvalue weighted by atomic mass is 9.94. The number of hydrogen-bond acceptors (Lipinski definition) is 2. The van der Waals surface area contributed by atoms with Crippen molar-refractivity contribution in [1.29, 1.82) is 0 Å². The molecule has 2 aliphatic heterocycles. The van der Waals surface area contributed by atoms with Crippen molar-refractivity contribution < 1.29 is 9.53 Å². The van der Waals surface area contributed by atoms with Crippen molar-refractivity contribution in [3.05, 3.63) is 35.9 Å². The summed E-state index contributed by atoms with van der Waals surface area (Å²) in [7, 11) is 0. The molecule has 2 saturated carbocycles. The van der Waals surface area contributed by atoms with E-state index in [1.807, 2.05) is 18.2 Å². The smallest absolute Gasteiger partial charge is 0.228 e. The van der Waals surface area contributed by atoms with E-state index < -0.39 is 0 Å². The number of carbonyl (C=O) groups excluding carboxylic acids is 1. The maximum absolute atomic E-state index is 12.8. The zero-order chi connectivity index (χ0) is 13.3. The van der Waals surface area contributed by atoms with Gasteiger partial charge in [0.1, 0.15) is 0 Å². The minimum absolute atomic E-state index is 0.144. The van der Waals surface area contributed by atoms with Crippen molar-refractivity contribution in [2.45, 2.75) is 38.0 Å². The Bertz CT molecular complexity index is 566. The molecular weight excluding hydrogens is 250 g/mol. The SMILES string of the molecule is O=C1C2CC3(CC3)C[C@@H]2C2CO[C@@H](c3ccccc3)N12. The van der Waals surface area contributed by atoms with E-state index in [2.05, 4.69) is 17.0 Å². The Hall–Kier alpha value is -1.35. The fourth-order valence-electron chi connectivity index (χ4n) is 4.80. The van der Waals surface area contributed by atoms with Crippen LogP contribution >= 0.6 is 0 Å². The molecule has 0 radical (unpaired) electrons. The number of nitrogens with zero attached hydrogens (tertiary/aromatic N) is 1. The summed E-state index contributed by atoms with van der Waals surface area (Å²) in [6.07, 6.45) is 4.96. The van der Waals surface area contributed by atoms with Gasteiger partial charge in [-0.05, 0) is 37.0 Å². The molecule has 4 aliphatic rings. The Morgan fingerprint density at radius 2 is 1.95 bits per heavy atom. The molecule has 1 amide bonds. The van der Waals surface area contributed by atoms with Crippen molar-refractivity contribution in [2.24, 2.45) is 17.3 Å². The molecule has 0 N–H and O–H groups in total. The summed E-state index contributed by atoms with van der Waals surface area (Å²) in [5.41, 5.74) is 1.67. The molecule has 4 fully saturated rings. The second-order valence-electron chi connectivity index (χ2n) is 7.09. The van der Waals surface area contributed by atoms with Gasteiger partial charge in [0.2, 0.25) is 5.91 Å². The van der Waals surface area contributed by atoms with Crippen LogP contribution in [0.1, 0.15) is 37.5 Å². The number of carbonyl (C=O) groups is 1. The molecule has 20 heavy (non-hydrogen) atoms. The van der Waals surface area contributed by atoms with E-state index >= 15 is 0 Å². The van der Waals surface area contributed by atoms with Crippen LogP contribution in [-0.2, 0) is 9.53 Å². The molecule has 0 bridgehead atoms. The lowest BCUT2D eigenvalue weighted by molar-refractivity contribution is -0.137. The van der Waals surface area contributed by atoms with Crippen LogP contribution < -0.4 is 0 Å². The first-order chi connectivity index (χ1) is 9.77. The zero-order valence-corrected chi connectivity index (χ0v) is 11.5. The Morgan fingerprint density at radius 1 is 1.15 bits per heavy atom. The number of ether oxygens (including phenoxy) is 1. The maximum Gasteiger partial charge on any atom is 0.228 e. The van der Waals surface area contributed by atoms with Crippen LogP contribution in [0.15, 0.2) is 30.3 Å². The molecule has 2 aliphatic carbocycles. The Balaban J connectivity index is 1.47. The molecule has 1 spiro atoms. The third kappa shape index (κ3) is 1.37. The lowest BCUT2D eigenvalue weighted by Crippen LogP contribution is -2.34. The van der Waals surface area contributed by atoms with Crippen LogP contribution in [0.25, 0.3) is 0 Å². The molecule has 4 atom stereocenters. The predicted octanol–water partition coefficient (Wildman–Crippen LogP) is 2.73. The Kier molecular flexibility index (Phi) is 2.06. The largest absolute Gasteiger partial charge is 0.352 e. The highest BCUT2D eigenvalue weighted by atomic mass is 16.5. The third-order valence-electron chi connectivity index (χ3n) is 5.98. The van der Waals surface area contributed by atoms with Gasteiger partial charge in [-0.25, -0.2) is 0 Å².